The van der Waals surface area contributed by atoms with Gasteiger partial charge in [-0.25, -0.2) is 38.1 Å². The molecule has 0 N–H and O–H groups in total. The Morgan fingerprint density at radius 2 is 1.06 bits per heavy atom. The number of nitrogens with zero attached hydrogens (tertiary/aromatic N) is 8. The van der Waals surface area contributed by atoms with Gasteiger partial charge in [-0.05, 0) is 73.5 Å². The van der Waals surface area contributed by atoms with Crippen LogP contribution in [-0.4, -0.2) is 44.9 Å². The van der Waals surface area contributed by atoms with Crippen LogP contribution in [0.1, 0.15) is 18.7 Å². The summed E-state index contributed by atoms with van der Waals surface area (Å²) in [5.41, 5.74) is 5.43. The number of benzene rings is 2. The summed E-state index contributed by atoms with van der Waals surface area (Å²) >= 11 is 1.46. The van der Waals surface area contributed by atoms with Gasteiger partial charge in [-0.2, -0.15) is 0 Å². The summed E-state index contributed by atoms with van der Waals surface area (Å²) in [6.45, 7) is 4.74. The van der Waals surface area contributed by atoms with Crippen molar-refractivity contribution in [2.24, 2.45) is 0 Å². The fourth-order valence-corrected chi connectivity index (χ4v) is 6.62. The van der Waals surface area contributed by atoms with Crippen LogP contribution in [-0.2, 0) is 26.2 Å². The minimum absolute atomic E-state index is 0.0552. The quantitative estimate of drug-likeness (QED) is 0.175. The zero-order valence-electron chi connectivity index (χ0n) is 25.7. The second-order valence-corrected chi connectivity index (χ2v) is 12.0. The number of fused-ring (bicyclic) bond motifs is 2. The van der Waals surface area contributed by atoms with Gasteiger partial charge in [0, 0.05) is 38.6 Å². The molecule has 10 nitrogen and oxygen atoms in total. The Morgan fingerprint density at radius 1 is 0.617 bits per heavy atom. The van der Waals surface area contributed by atoms with E-state index in [9.17, 15) is 18.4 Å². The van der Waals surface area contributed by atoms with E-state index in [0.717, 1.165) is 43.0 Å². The standard InChI is InChI=1S/C17H15FN4OS.C17H15FN4O/c1-24-17-19-8-7-13(20-17)15-14(11-3-5-12(18)6-4-11)16(23)22-10-2-9-21(15)22;1-11-19-8-7-14(20-11)16-15(12-3-5-13(18)6-4-12)17(23)22-10-2-9-21(16)22/h3-8H,2,9-10H2,1H3;3-8H,2,9-10H2,1H3. The Balaban J connectivity index is 0.000000150. The van der Waals surface area contributed by atoms with E-state index >= 15 is 0 Å². The molecule has 0 bridgehead atoms. The van der Waals surface area contributed by atoms with Crippen LogP contribution in [0.4, 0.5) is 8.78 Å². The first-order chi connectivity index (χ1) is 22.8. The molecule has 0 atom stereocenters. The monoisotopic (exact) mass is 652 g/mol. The van der Waals surface area contributed by atoms with Gasteiger partial charge < -0.3 is 0 Å². The topological polar surface area (TPSA) is 105 Å². The van der Waals surface area contributed by atoms with E-state index in [0.29, 0.717) is 52.0 Å². The minimum atomic E-state index is -0.321. The Labute approximate surface area is 272 Å². The molecule has 0 saturated heterocycles. The molecule has 2 aliphatic rings. The Morgan fingerprint density at radius 3 is 1.53 bits per heavy atom. The molecule has 0 unspecified atom stereocenters. The van der Waals surface area contributed by atoms with E-state index < -0.39 is 0 Å². The predicted molar refractivity (Wildman–Crippen MR) is 176 cm³/mol. The average Bonchev–Trinajstić information content (AvgIpc) is 3.86. The zero-order valence-corrected chi connectivity index (χ0v) is 26.5. The number of aromatic nitrogens is 8. The van der Waals surface area contributed by atoms with Crippen LogP contribution in [0.3, 0.4) is 0 Å². The fraction of sp³-hybridized carbons (Fsp3) is 0.235. The number of hydrogen-bond acceptors (Lipinski definition) is 7. The van der Waals surface area contributed by atoms with Gasteiger partial charge in [-0.3, -0.25) is 19.0 Å². The van der Waals surface area contributed by atoms with Crippen molar-refractivity contribution >= 4 is 11.8 Å². The van der Waals surface area contributed by atoms with E-state index in [4.69, 9.17) is 0 Å². The molecule has 0 saturated carbocycles. The van der Waals surface area contributed by atoms with Crippen molar-refractivity contribution in [1.29, 1.82) is 0 Å². The highest BCUT2D eigenvalue weighted by atomic mass is 32.2. The first-order valence-corrected chi connectivity index (χ1v) is 16.4. The molecule has 2 aliphatic heterocycles. The van der Waals surface area contributed by atoms with Crippen molar-refractivity contribution in [3.8, 4) is 45.0 Å². The molecule has 0 fully saturated rings. The van der Waals surface area contributed by atoms with Crippen molar-refractivity contribution in [3.63, 3.8) is 0 Å². The SMILES string of the molecule is CSc1nccc(-c2c(-c3ccc(F)cc3)c(=O)n3n2CCC3)n1.Cc1nccc(-c2c(-c3ccc(F)cc3)c(=O)n3n2CCC3)n1. The molecule has 2 aromatic carbocycles. The van der Waals surface area contributed by atoms with Crippen molar-refractivity contribution in [2.45, 2.75) is 51.1 Å². The van der Waals surface area contributed by atoms with Gasteiger partial charge in [-0.1, -0.05) is 36.0 Å². The summed E-state index contributed by atoms with van der Waals surface area (Å²) in [7, 11) is 0. The van der Waals surface area contributed by atoms with Gasteiger partial charge >= 0.3 is 0 Å². The average molecular weight is 653 g/mol. The second-order valence-electron chi connectivity index (χ2n) is 11.2. The van der Waals surface area contributed by atoms with Crippen molar-refractivity contribution < 1.29 is 8.78 Å². The largest absolute Gasteiger partial charge is 0.280 e. The van der Waals surface area contributed by atoms with Crippen LogP contribution in [0, 0.1) is 18.6 Å². The first-order valence-electron chi connectivity index (χ1n) is 15.2. The summed E-state index contributed by atoms with van der Waals surface area (Å²) in [4.78, 5) is 43.1. The van der Waals surface area contributed by atoms with Crippen molar-refractivity contribution in [3.05, 3.63) is 111 Å². The Kier molecular flexibility index (Phi) is 8.14. The lowest BCUT2D eigenvalue weighted by molar-refractivity contribution is 0.598. The highest BCUT2D eigenvalue weighted by Gasteiger charge is 2.27. The number of aryl methyl sites for hydroxylation is 1. The van der Waals surface area contributed by atoms with Gasteiger partial charge in [0.05, 0.1) is 33.9 Å². The van der Waals surface area contributed by atoms with Crippen LogP contribution in [0.2, 0.25) is 0 Å². The van der Waals surface area contributed by atoms with Gasteiger partial charge in [0.15, 0.2) is 5.16 Å². The number of rotatable bonds is 5. The van der Waals surface area contributed by atoms with Gasteiger partial charge in [0.25, 0.3) is 11.1 Å². The molecular formula is C34H30F2N8O2S. The Bertz CT molecular complexity index is 2220. The lowest BCUT2D eigenvalue weighted by Crippen LogP contribution is -2.17. The van der Waals surface area contributed by atoms with E-state index in [2.05, 4.69) is 19.9 Å². The fourth-order valence-electron chi connectivity index (χ4n) is 6.26. The van der Waals surface area contributed by atoms with E-state index in [-0.39, 0.29) is 22.8 Å². The number of halogens is 2. The second kappa shape index (κ2) is 12.6. The van der Waals surface area contributed by atoms with Gasteiger partial charge in [-0.15, -0.1) is 0 Å². The molecule has 47 heavy (non-hydrogen) atoms. The molecule has 0 radical (unpaired) electrons. The van der Waals surface area contributed by atoms with Crippen LogP contribution in [0.25, 0.3) is 45.0 Å². The third kappa shape index (κ3) is 5.60. The normalized spacial score (nSPS) is 13.3. The summed E-state index contributed by atoms with van der Waals surface area (Å²) in [6.07, 6.45) is 7.15. The highest BCUT2D eigenvalue weighted by Crippen LogP contribution is 2.33. The van der Waals surface area contributed by atoms with E-state index in [1.165, 1.54) is 36.0 Å². The maximum absolute atomic E-state index is 13.3. The van der Waals surface area contributed by atoms with Crippen molar-refractivity contribution in [1.82, 2.24) is 38.7 Å². The summed E-state index contributed by atoms with van der Waals surface area (Å²) in [5, 5.41) is 0.656. The lowest BCUT2D eigenvalue weighted by Gasteiger charge is -2.08. The van der Waals surface area contributed by atoms with Crippen LogP contribution < -0.4 is 11.1 Å². The molecule has 6 heterocycles. The molecule has 0 amide bonds. The summed E-state index contributed by atoms with van der Waals surface area (Å²) in [5.74, 6) is 0.0115. The first kappa shape index (κ1) is 30.5. The third-order valence-electron chi connectivity index (χ3n) is 8.29. The van der Waals surface area contributed by atoms with Crippen molar-refractivity contribution in [2.75, 3.05) is 6.26 Å². The van der Waals surface area contributed by atoms with Gasteiger partial charge in [0.1, 0.15) is 17.5 Å². The molecule has 6 aromatic rings. The molecular weight excluding hydrogens is 622 g/mol. The van der Waals surface area contributed by atoms with E-state index in [1.807, 2.05) is 28.6 Å². The summed E-state index contributed by atoms with van der Waals surface area (Å²) in [6, 6.07) is 15.7. The predicted octanol–water partition coefficient (Wildman–Crippen LogP) is 5.66. The molecule has 238 valence electrons. The molecule has 4 aromatic heterocycles. The molecule has 8 rings (SSSR count). The molecule has 0 spiro atoms. The lowest BCUT2D eigenvalue weighted by atomic mass is 10.0. The van der Waals surface area contributed by atoms with Crippen LogP contribution in [0.15, 0.2) is 87.8 Å². The van der Waals surface area contributed by atoms with Crippen LogP contribution >= 0.6 is 11.8 Å². The van der Waals surface area contributed by atoms with Crippen LogP contribution in [0.5, 0.6) is 0 Å². The van der Waals surface area contributed by atoms with E-state index in [1.54, 1.807) is 52.1 Å². The summed E-state index contributed by atoms with van der Waals surface area (Å²) < 4.78 is 33.9. The minimum Gasteiger partial charge on any atom is -0.280 e. The Hall–Kier alpha value is -5.17. The number of hydrogen-bond donors (Lipinski definition) is 0. The molecule has 0 aliphatic carbocycles. The smallest absolute Gasteiger partial charge is 0.275 e. The maximum Gasteiger partial charge on any atom is 0.275 e. The van der Waals surface area contributed by atoms with Gasteiger partial charge in [0.2, 0.25) is 0 Å². The number of thioether (sulfide) groups is 1. The maximum atomic E-state index is 13.3. The highest BCUT2D eigenvalue weighted by molar-refractivity contribution is 7.98. The third-order valence-corrected chi connectivity index (χ3v) is 8.85. The zero-order chi connectivity index (χ0) is 32.7. The molecule has 13 heteroatoms.